The minimum atomic E-state index is -0.355. The van der Waals surface area contributed by atoms with E-state index >= 15 is 0 Å². The fourth-order valence-electron chi connectivity index (χ4n) is 2.68. The third-order valence-electron chi connectivity index (χ3n) is 3.72. The first-order chi connectivity index (χ1) is 11.1. The lowest BCUT2D eigenvalue weighted by atomic mass is 9.95. The van der Waals surface area contributed by atoms with Gasteiger partial charge in [0.2, 0.25) is 0 Å². The van der Waals surface area contributed by atoms with Gasteiger partial charge in [-0.05, 0) is 54.3 Å². The van der Waals surface area contributed by atoms with Crippen LogP contribution in [0.4, 0.5) is 4.39 Å². The van der Waals surface area contributed by atoms with E-state index in [1.54, 1.807) is 18.2 Å². The number of halogens is 3. The highest BCUT2D eigenvalue weighted by atomic mass is 35.5. The van der Waals surface area contributed by atoms with Crippen molar-refractivity contribution >= 4 is 23.2 Å². The number of nitrogens with zero attached hydrogens (tertiary/aromatic N) is 3. The topological polar surface area (TPSA) is 58.0 Å². The first kappa shape index (κ1) is 15.9. The predicted octanol–water partition coefficient (Wildman–Crippen LogP) is 5.80. The molecule has 1 aliphatic heterocycles. The molecule has 4 nitrogen and oxygen atoms in total. The number of benzene rings is 2. The highest BCUT2D eigenvalue weighted by Crippen LogP contribution is 2.42. The first-order valence-corrected chi connectivity index (χ1v) is 7.79. The van der Waals surface area contributed by atoms with Crippen molar-refractivity contribution in [1.29, 1.82) is 0 Å². The molecule has 1 unspecified atom stereocenters. The Hall–Kier alpha value is -1.94. The monoisotopic (exact) mass is 351 g/mol. The van der Waals surface area contributed by atoms with Crippen LogP contribution in [0.25, 0.3) is 21.6 Å². The lowest BCUT2D eigenvalue weighted by molar-refractivity contribution is 0.182. The number of rotatable bonds is 3. The Bertz CT molecular complexity index is 806. The Morgan fingerprint density at radius 3 is 2.87 bits per heavy atom. The zero-order valence-corrected chi connectivity index (χ0v) is 13.5. The van der Waals surface area contributed by atoms with Crippen LogP contribution in [0.3, 0.4) is 0 Å². The van der Waals surface area contributed by atoms with Crippen molar-refractivity contribution in [2.45, 2.75) is 18.9 Å². The van der Waals surface area contributed by atoms with Crippen LogP contribution in [0.1, 0.15) is 12.0 Å². The molecule has 0 saturated heterocycles. The zero-order chi connectivity index (χ0) is 16.4. The summed E-state index contributed by atoms with van der Waals surface area (Å²) in [6.45, 7) is 0.232. The standard InChI is InChI=1S/C16H12Cl2FN3O/c17-10-2-4-15(18)13(6-10)14-7-11(19)5-9-1-3-12(8-21-22-20)23-16(9)14/h2,4-7,12H,1,3,8H2. The molecule has 1 heterocycles. The normalized spacial score (nSPS) is 16.2. The van der Waals surface area contributed by atoms with E-state index in [-0.39, 0.29) is 18.5 Å². The number of fused-ring (bicyclic) bond motifs is 1. The van der Waals surface area contributed by atoms with Gasteiger partial charge < -0.3 is 4.74 Å². The van der Waals surface area contributed by atoms with Gasteiger partial charge in [0.15, 0.2) is 0 Å². The van der Waals surface area contributed by atoms with Crippen LogP contribution in [0.2, 0.25) is 10.0 Å². The van der Waals surface area contributed by atoms with Gasteiger partial charge in [-0.25, -0.2) is 4.39 Å². The van der Waals surface area contributed by atoms with Gasteiger partial charge in [-0.1, -0.05) is 28.3 Å². The summed E-state index contributed by atoms with van der Waals surface area (Å²) in [5.41, 5.74) is 10.4. The van der Waals surface area contributed by atoms with Crippen LogP contribution in [0.15, 0.2) is 35.4 Å². The molecule has 0 bridgehead atoms. The molecule has 1 atom stereocenters. The molecule has 0 fully saturated rings. The summed E-state index contributed by atoms with van der Waals surface area (Å²) in [7, 11) is 0. The van der Waals surface area contributed by atoms with Gasteiger partial charge in [0.25, 0.3) is 0 Å². The van der Waals surface area contributed by atoms with E-state index < -0.39 is 0 Å². The lowest BCUT2D eigenvalue weighted by Gasteiger charge is -2.27. The van der Waals surface area contributed by atoms with Gasteiger partial charge in [-0.3, -0.25) is 0 Å². The molecule has 0 aliphatic carbocycles. The number of azide groups is 1. The van der Waals surface area contributed by atoms with E-state index in [9.17, 15) is 4.39 Å². The zero-order valence-electron chi connectivity index (χ0n) is 12.0. The predicted molar refractivity (Wildman–Crippen MR) is 88.6 cm³/mol. The fraction of sp³-hybridized carbons (Fsp3) is 0.250. The minimum absolute atomic E-state index is 0.232. The Labute approximate surface area is 142 Å². The van der Waals surface area contributed by atoms with Crippen LogP contribution >= 0.6 is 23.2 Å². The number of hydrogen-bond donors (Lipinski definition) is 0. The van der Waals surface area contributed by atoms with Crippen molar-refractivity contribution in [1.82, 2.24) is 0 Å². The first-order valence-electron chi connectivity index (χ1n) is 7.04. The summed E-state index contributed by atoms with van der Waals surface area (Å²) in [6, 6.07) is 7.86. The molecule has 0 aromatic heterocycles. The summed E-state index contributed by atoms with van der Waals surface area (Å²) in [5, 5.41) is 4.52. The average molecular weight is 352 g/mol. The SMILES string of the molecule is [N-]=[N+]=NCC1CCc2cc(F)cc(-c3cc(Cl)ccc3Cl)c2O1. The Kier molecular flexibility index (Phi) is 4.62. The molecule has 7 heteroatoms. The third kappa shape index (κ3) is 3.37. The van der Waals surface area contributed by atoms with Crippen LogP contribution < -0.4 is 4.74 Å². The van der Waals surface area contributed by atoms with Crippen LogP contribution in [0.5, 0.6) is 5.75 Å². The van der Waals surface area contributed by atoms with Crippen molar-refractivity contribution in [2.24, 2.45) is 5.11 Å². The van der Waals surface area contributed by atoms with Gasteiger partial charge in [-0.2, -0.15) is 0 Å². The van der Waals surface area contributed by atoms with E-state index in [0.29, 0.717) is 39.8 Å². The van der Waals surface area contributed by atoms with E-state index in [4.69, 9.17) is 33.5 Å². The molecule has 2 aromatic rings. The molecule has 3 rings (SSSR count). The highest BCUT2D eigenvalue weighted by Gasteiger charge is 2.24. The van der Waals surface area contributed by atoms with Crippen molar-refractivity contribution in [3.63, 3.8) is 0 Å². The van der Waals surface area contributed by atoms with Crippen molar-refractivity contribution < 1.29 is 9.13 Å². The Morgan fingerprint density at radius 1 is 1.26 bits per heavy atom. The van der Waals surface area contributed by atoms with E-state index in [1.165, 1.54) is 12.1 Å². The number of ether oxygens (including phenoxy) is 1. The van der Waals surface area contributed by atoms with Gasteiger partial charge in [0.05, 0.1) is 6.54 Å². The van der Waals surface area contributed by atoms with Gasteiger partial charge in [-0.15, -0.1) is 0 Å². The quantitative estimate of drug-likeness (QED) is 0.391. The molecule has 23 heavy (non-hydrogen) atoms. The summed E-state index contributed by atoms with van der Waals surface area (Å²) in [6.07, 6.45) is 1.07. The fourth-order valence-corrected chi connectivity index (χ4v) is 3.07. The van der Waals surface area contributed by atoms with Gasteiger partial charge >= 0.3 is 0 Å². The second kappa shape index (κ2) is 6.67. The molecule has 0 amide bonds. The van der Waals surface area contributed by atoms with E-state index in [0.717, 1.165) is 5.56 Å². The molecule has 0 radical (unpaired) electrons. The second-order valence-electron chi connectivity index (χ2n) is 5.26. The lowest BCUT2D eigenvalue weighted by Crippen LogP contribution is -2.25. The molecule has 0 saturated carbocycles. The minimum Gasteiger partial charge on any atom is -0.489 e. The molecule has 1 aliphatic rings. The third-order valence-corrected chi connectivity index (χ3v) is 4.28. The van der Waals surface area contributed by atoms with E-state index in [1.807, 2.05) is 0 Å². The molecular formula is C16H12Cl2FN3O. The smallest absolute Gasteiger partial charge is 0.130 e. The maximum atomic E-state index is 14.0. The summed E-state index contributed by atoms with van der Waals surface area (Å²) >= 11 is 12.3. The maximum absolute atomic E-state index is 14.0. The van der Waals surface area contributed by atoms with Crippen LogP contribution in [-0.2, 0) is 6.42 Å². The Morgan fingerprint density at radius 2 is 2.09 bits per heavy atom. The largest absolute Gasteiger partial charge is 0.489 e. The van der Waals surface area contributed by atoms with Crippen molar-refractivity contribution in [3.05, 3.63) is 62.2 Å². The average Bonchev–Trinajstić information content (AvgIpc) is 2.54. The van der Waals surface area contributed by atoms with Crippen molar-refractivity contribution in [3.8, 4) is 16.9 Å². The van der Waals surface area contributed by atoms with E-state index in [2.05, 4.69) is 10.0 Å². The van der Waals surface area contributed by atoms with Crippen LogP contribution in [-0.4, -0.2) is 12.6 Å². The summed E-state index contributed by atoms with van der Waals surface area (Å²) in [5.74, 6) is 0.215. The summed E-state index contributed by atoms with van der Waals surface area (Å²) in [4.78, 5) is 2.75. The molecular weight excluding hydrogens is 340 g/mol. The molecule has 0 N–H and O–H groups in total. The van der Waals surface area contributed by atoms with Gasteiger partial charge in [0.1, 0.15) is 17.7 Å². The molecule has 118 valence electrons. The highest BCUT2D eigenvalue weighted by molar-refractivity contribution is 6.35. The maximum Gasteiger partial charge on any atom is 0.130 e. The second-order valence-corrected chi connectivity index (χ2v) is 6.10. The number of aryl methyl sites for hydroxylation is 1. The molecule has 0 spiro atoms. The van der Waals surface area contributed by atoms with Crippen LogP contribution in [0, 0.1) is 5.82 Å². The van der Waals surface area contributed by atoms with Crippen molar-refractivity contribution in [2.75, 3.05) is 6.54 Å². The van der Waals surface area contributed by atoms with Gasteiger partial charge in [0, 0.05) is 26.1 Å². The molecule has 2 aromatic carbocycles. The Balaban J connectivity index is 2.09. The number of hydrogen-bond acceptors (Lipinski definition) is 2. The summed E-state index contributed by atoms with van der Waals surface area (Å²) < 4.78 is 19.9.